The van der Waals surface area contributed by atoms with Crippen LogP contribution in [-0.2, 0) is 9.84 Å². The van der Waals surface area contributed by atoms with Gasteiger partial charge in [0.25, 0.3) is 5.91 Å². The molecule has 0 heterocycles. The molecule has 1 unspecified atom stereocenters. The molecule has 3 N–H and O–H groups in total. The van der Waals surface area contributed by atoms with Crippen molar-refractivity contribution in [3.63, 3.8) is 0 Å². The van der Waals surface area contributed by atoms with Gasteiger partial charge in [-0.3, -0.25) is 4.79 Å². The molecule has 2 aromatic rings. The number of nitrogens with one attached hydrogen (secondary N) is 1. The first kappa shape index (κ1) is 27.6. The molecule has 37 heavy (non-hydrogen) atoms. The van der Waals surface area contributed by atoms with Gasteiger partial charge in [-0.15, -0.1) is 0 Å². The lowest BCUT2D eigenvalue weighted by Gasteiger charge is -2.41. The van der Waals surface area contributed by atoms with E-state index in [9.17, 15) is 36.6 Å². The molecule has 6 nitrogen and oxygen atoms in total. The Kier molecular flexibility index (Phi) is 7.26. The van der Waals surface area contributed by atoms with Crippen molar-refractivity contribution in [3.8, 4) is 0 Å². The van der Waals surface area contributed by atoms with Crippen LogP contribution in [0.2, 0.25) is 5.02 Å². The topological polar surface area (TPSA) is 104 Å². The van der Waals surface area contributed by atoms with Crippen molar-refractivity contribution >= 4 is 33.0 Å². The Balaban J connectivity index is 1.58. The lowest BCUT2D eigenvalue weighted by atomic mass is 9.73. The molecule has 2 aromatic carbocycles. The molecule has 4 atom stereocenters. The summed E-state index contributed by atoms with van der Waals surface area (Å²) < 4.78 is 67.4. The summed E-state index contributed by atoms with van der Waals surface area (Å²) in [5.74, 6) is -6.19. The minimum absolute atomic E-state index is 0.0921. The highest BCUT2D eigenvalue weighted by molar-refractivity contribution is 7.92. The van der Waals surface area contributed by atoms with E-state index < -0.39 is 49.6 Å². The van der Waals surface area contributed by atoms with Gasteiger partial charge in [-0.1, -0.05) is 23.8 Å². The summed E-state index contributed by atoms with van der Waals surface area (Å²) in [6.45, 7) is 3.16. The zero-order valence-corrected chi connectivity index (χ0v) is 21.7. The van der Waals surface area contributed by atoms with Gasteiger partial charge in [-0.05, 0) is 69.6 Å². The number of hydrogen-bond donors (Lipinski definition) is 3. The molecule has 200 valence electrons. The van der Waals surface area contributed by atoms with Gasteiger partial charge in [0.05, 0.1) is 26.4 Å². The molecule has 2 bridgehead atoms. The third-order valence-corrected chi connectivity index (χ3v) is 9.86. The van der Waals surface area contributed by atoms with E-state index in [0.717, 1.165) is 6.07 Å². The number of amides is 1. The molecule has 2 aliphatic rings. The molecule has 11 heteroatoms. The fourth-order valence-electron chi connectivity index (χ4n) is 5.28. The fraction of sp³-hybridized carbons (Fsp3) is 0.423. The summed E-state index contributed by atoms with van der Waals surface area (Å²) in [4.78, 5) is 12.4. The number of rotatable bonds is 6. The summed E-state index contributed by atoms with van der Waals surface area (Å²) in [5.41, 5.74) is -2.82. The molecule has 2 saturated carbocycles. The second-order valence-corrected chi connectivity index (χ2v) is 12.9. The lowest BCUT2D eigenvalue weighted by molar-refractivity contribution is -0.0159. The molecule has 0 saturated heterocycles. The molecule has 0 spiro atoms. The van der Waals surface area contributed by atoms with Crippen LogP contribution in [-0.4, -0.2) is 41.0 Å². The number of hydrogen-bond acceptors (Lipinski definition) is 5. The maximum absolute atomic E-state index is 13.6. The van der Waals surface area contributed by atoms with Crippen molar-refractivity contribution in [2.45, 2.75) is 60.9 Å². The average Bonchev–Trinajstić information content (AvgIpc) is 2.97. The van der Waals surface area contributed by atoms with Gasteiger partial charge in [0.15, 0.2) is 27.3 Å². The molecule has 0 radical (unpaired) electrons. The summed E-state index contributed by atoms with van der Waals surface area (Å²) in [6, 6.07) is 4.82. The molecule has 0 aliphatic heterocycles. The molecule has 2 fully saturated rings. The SMILES string of the molecule is CC(C)(O)/C=C\[C@@]1(O)C2CC[C@H]1C[C@H](S(=O)(=O)c1cc(C(=O)Nc3cc(F)c(F)c(F)c3)ccc1Cl)C2. The quantitative estimate of drug-likeness (QED) is 0.341. The van der Waals surface area contributed by atoms with Crippen LogP contribution in [0.3, 0.4) is 0 Å². The first-order valence-electron chi connectivity index (χ1n) is 11.8. The van der Waals surface area contributed by atoms with Gasteiger partial charge >= 0.3 is 0 Å². The number of anilines is 1. The highest BCUT2D eigenvalue weighted by atomic mass is 35.5. The van der Waals surface area contributed by atoms with Crippen LogP contribution in [0.1, 0.15) is 49.9 Å². The molecule has 4 rings (SSSR count). The van der Waals surface area contributed by atoms with E-state index in [4.69, 9.17) is 11.6 Å². The molecular formula is C26H27ClF3NO5S. The van der Waals surface area contributed by atoms with Crippen LogP contribution in [0.25, 0.3) is 0 Å². The van der Waals surface area contributed by atoms with Gasteiger partial charge in [-0.25, -0.2) is 21.6 Å². The zero-order valence-electron chi connectivity index (χ0n) is 20.1. The van der Waals surface area contributed by atoms with Crippen molar-refractivity contribution in [2.75, 3.05) is 5.32 Å². The molecule has 1 amide bonds. The Bertz CT molecular complexity index is 1340. The molecule has 2 aliphatic carbocycles. The van der Waals surface area contributed by atoms with Crippen molar-refractivity contribution in [3.05, 3.63) is 70.5 Å². The number of carbonyl (C=O) groups excluding carboxylic acids is 1. The largest absolute Gasteiger partial charge is 0.386 e. The standard InChI is InChI=1S/C26H27ClF3NO5S/c1-25(2,33)7-8-26(34)15-4-5-16(26)11-18(10-15)37(35,36)22-9-14(3-6-19(22)27)24(32)31-17-12-20(28)23(30)21(29)13-17/h3,6-9,12-13,15-16,18,33-34H,4-5,10-11H2,1-2H3,(H,31,32)/b8-7-/t15-,16?,18-,26-/m0/s1. The first-order chi connectivity index (χ1) is 17.1. The second kappa shape index (κ2) is 9.72. The highest BCUT2D eigenvalue weighted by Gasteiger charge is 2.54. The highest BCUT2D eigenvalue weighted by Crippen LogP contribution is 2.53. The second-order valence-electron chi connectivity index (χ2n) is 10.3. The number of sulfone groups is 1. The number of carbonyl (C=O) groups is 1. The zero-order chi connectivity index (χ0) is 27.3. The Morgan fingerprint density at radius 2 is 1.68 bits per heavy atom. The third kappa shape index (κ3) is 5.43. The number of halogens is 4. The Labute approximate surface area is 218 Å². The maximum Gasteiger partial charge on any atom is 0.255 e. The van der Waals surface area contributed by atoms with Crippen molar-refractivity contribution < 1.29 is 36.6 Å². The van der Waals surface area contributed by atoms with E-state index in [2.05, 4.69) is 5.32 Å². The summed E-state index contributed by atoms with van der Waals surface area (Å²) in [6.07, 6.45) is 4.70. The fourth-order valence-corrected chi connectivity index (χ4v) is 7.68. The predicted octanol–water partition coefficient (Wildman–Crippen LogP) is 5.03. The Hall–Kier alpha value is -2.40. The van der Waals surface area contributed by atoms with E-state index in [1.807, 2.05) is 0 Å². The van der Waals surface area contributed by atoms with Crippen LogP contribution in [0.5, 0.6) is 0 Å². The number of aliphatic hydroxyl groups is 2. The van der Waals surface area contributed by atoms with Crippen LogP contribution in [0.15, 0.2) is 47.4 Å². The minimum atomic E-state index is -4.03. The Morgan fingerprint density at radius 3 is 2.22 bits per heavy atom. The molecule has 0 aromatic heterocycles. The first-order valence-corrected chi connectivity index (χ1v) is 13.7. The van der Waals surface area contributed by atoms with Crippen LogP contribution >= 0.6 is 11.6 Å². The van der Waals surface area contributed by atoms with Crippen LogP contribution < -0.4 is 5.32 Å². The van der Waals surface area contributed by atoms with E-state index in [0.29, 0.717) is 25.0 Å². The maximum atomic E-state index is 13.6. The average molecular weight is 558 g/mol. The summed E-state index contributed by atoms with van der Waals surface area (Å²) in [7, 11) is -4.03. The third-order valence-electron chi connectivity index (χ3n) is 7.20. The lowest BCUT2D eigenvalue weighted by Crippen LogP contribution is -2.47. The normalized spacial score (nSPS) is 26.0. The van der Waals surface area contributed by atoms with Gasteiger partial charge in [0.1, 0.15) is 0 Å². The number of benzene rings is 2. The van der Waals surface area contributed by atoms with Gasteiger partial charge in [0.2, 0.25) is 0 Å². The van der Waals surface area contributed by atoms with E-state index in [-0.39, 0.29) is 45.8 Å². The van der Waals surface area contributed by atoms with Gasteiger partial charge < -0.3 is 15.5 Å². The van der Waals surface area contributed by atoms with Crippen molar-refractivity contribution in [2.24, 2.45) is 11.8 Å². The Morgan fingerprint density at radius 1 is 1.11 bits per heavy atom. The molecular weight excluding hydrogens is 531 g/mol. The van der Waals surface area contributed by atoms with Crippen LogP contribution in [0.4, 0.5) is 18.9 Å². The monoisotopic (exact) mass is 557 g/mol. The van der Waals surface area contributed by atoms with E-state index in [1.165, 1.54) is 18.2 Å². The number of fused-ring (bicyclic) bond motifs is 2. The van der Waals surface area contributed by atoms with E-state index in [1.54, 1.807) is 19.9 Å². The minimum Gasteiger partial charge on any atom is -0.386 e. The van der Waals surface area contributed by atoms with Crippen molar-refractivity contribution in [1.29, 1.82) is 0 Å². The van der Waals surface area contributed by atoms with Crippen LogP contribution in [0, 0.1) is 29.3 Å². The predicted molar refractivity (Wildman–Crippen MR) is 133 cm³/mol. The van der Waals surface area contributed by atoms with Gasteiger partial charge in [-0.2, -0.15) is 0 Å². The van der Waals surface area contributed by atoms with Crippen molar-refractivity contribution in [1.82, 2.24) is 0 Å². The summed E-state index contributed by atoms with van der Waals surface area (Å²) >= 11 is 6.23. The van der Waals surface area contributed by atoms with E-state index >= 15 is 0 Å². The van der Waals surface area contributed by atoms with Gasteiger partial charge in [0, 0.05) is 23.4 Å². The summed E-state index contributed by atoms with van der Waals surface area (Å²) in [5, 5.41) is 22.6. The smallest absolute Gasteiger partial charge is 0.255 e.